The van der Waals surface area contributed by atoms with Gasteiger partial charge in [-0.15, -0.1) is 0 Å². The average molecular weight is 663 g/mol. The molecule has 2 aromatic carbocycles. The van der Waals surface area contributed by atoms with Gasteiger partial charge in [-0.3, -0.25) is 0 Å². The smallest absolute Gasteiger partial charge is 0.318 e. The van der Waals surface area contributed by atoms with Gasteiger partial charge in [-0.1, -0.05) is 101 Å². The van der Waals surface area contributed by atoms with Crippen molar-refractivity contribution in [3.05, 3.63) is 57.5 Å². The number of halogens is 8. The van der Waals surface area contributed by atoms with Gasteiger partial charge in [-0.25, -0.2) is 4.79 Å². The normalized spacial score (nSPS) is 13.9. The van der Waals surface area contributed by atoms with Crippen LogP contribution in [0.5, 0.6) is 0 Å². The van der Waals surface area contributed by atoms with Crippen LogP contribution in [0.4, 0.5) is 16.2 Å². The summed E-state index contributed by atoms with van der Waals surface area (Å²) in [7, 11) is 0. The van der Waals surface area contributed by atoms with E-state index in [1.807, 2.05) is 0 Å². The lowest BCUT2D eigenvalue weighted by Crippen LogP contribution is -2.57. The lowest BCUT2D eigenvalue weighted by atomic mass is 10.3. The fraction of sp³-hybridized carbons (Fsp3) is 0.235. The highest BCUT2D eigenvalue weighted by atomic mass is 79.9. The summed E-state index contributed by atoms with van der Waals surface area (Å²) in [4.78, 5) is 12.6. The molecule has 0 aliphatic carbocycles. The van der Waals surface area contributed by atoms with E-state index in [0.717, 1.165) is 8.95 Å². The van der Waals surface area contributed by atoms with Crippen LogP contribution in [0.15, 0.2) is 57.5 Å². The lowest BCUT2D eigenvalue weighted by Gasteiger charge is -2.31. The highest BCUT2D eigenvalue weighted by Gasteiger charge is 2.37. The summed E-state index contributed by atoms with van der Waals surface area (Å²) in [6.07, 6.45) is -2.18. The van der Waals surface area contributed by atoms with Gasteiger partial charge in [-0.05, 0) is 48.5 Å². The number of benzene rings is 2. The van der Waals surface area contributed by atoms with E-state index in [2.05, 4.69) is 53.1 Å². The molecular formula is C17H14Br2Cl6N4O. The van der Waals surface area contributed by atoms with E-state index < -0.39 is 25.9 Å². The van der Waals surface area contributed by atoms with Crippen LogP contribution in [-0.2, 0) is 0 Å². The molecule has 2 atom stereocenters. The number of carbonyl (C=O) groups is 1. The topological polar surface area (TPSA) is 65.2 Å². The summed E-state index contributed by atoms with van der Waals surface area (Å²) < 4.78 is -2.01. The SMILES string of the molecule is O=C(N[C@@H](Nc1ccc(Br)cc1)C(Cl)(Cl)Cl)N[C@@H](Nc1ccc(Br)cc1)C(Cl)(Cl)Cl. The Morgan fingerprint density at radius 1 is 0.667 bits per heavy atom. The Bertz CT molecular complexity index is 774. The summed E-state index contributed by atoms with van der Waals surface area (Å²) in [5.41, 5.74) is 1.22. The van der Waals surface area contributed by atoms with Crippen molar-refractivity contribution in [1.29, 1.82) is 0 Å². The number of urea groups is 1. The second-order valence-electron chi connectivity index (χ2n) is 5.87. The van der Waals surface area contributed by atoms with Crippen LogP contribution in [0, 0.1) is 0 Å². The highest BCUT2D eigenvalue weighted by Crippen LogP contribution is 2.33. The Kier molecular flexibility index (Phi) is 9.84. The van der Waals surface area contributed by atoms with Gasteiger partial charge in [0, 0.05) is 20.3 Å². The van der Waals surface area contributed by atoms with E-state index in [1.165, 1.54) is 0 Å². The maximum Gasteiger partial charge on any atom is 0.318 e. The minimum Gasteiger partial charge on any atom is -0.362 e. The van der Waals surface area contributed by atoms with Gasteiger partial charge in [0.25, 0.3) is 0 Å². The first kappa shape index (κ1) is 26.3. The maximum absolute atomic E-state index is 12.6. The van der Waals surface area contributed by atoms with Crippen LogP contribution >= 0.6 is 101 Å². The summed E-state index contributed by atoms with van der Waals surface area (Å²) >= 11 is 42.8. The molecule has 30 heavy (non-hydrogen) atoms. The molecule has 164 valence electrons. The van der Waals surface area contributed by atoms with Crippen molar-refractivity contribution in [2.45, 2.75) is 19.9 Å². The molecule has 13 heteroatoms. The van der Waals surface area contributed by atoms with Crippen molar-refractivity contribution < 1.29 is 4.79 Å². The average Bonchev–Trinajstić information content (AvgIpc) is 2.62. The number of hydrogen-bond acceptors (Lipinski definition) is 3. The van der Waals surface area contributed by atoms with Gasteiger partial charge in [0.15, 0.2) is 0 Å². The Morgan fingerprint density at radius 3 is 1.23 bits per heavy atom. The Hall–Kier alpha value is 0.01000. The summed E-state index contributed by atoms with van der Waals surface area (Å²) in [6, 6.07) is 13.4. The zero-order chi connectivity index (χ0) is 22.5. The second-order valence-corrected chi connectivity index (χ2v) is 12.4. The Morgan fingerprint density at radius 2 is 0.967 bits per heavy atom. The van der Waals surface area contributed by atoms with E-state index in [9.17, 15) is 4.79 Å². The highest BCUT2D eigenvalue weighted by molar-refractivity contribution is 9.10. The molecule has 5 nitrogen and oxygen atoms in total. The summed E-state index contributed by atoms with van der Waals surface area (Å²) in [6.45, 7) is 0. The summed E-state index contributed by atoms with van der Waals surface area (Å²) in [5.74, 6) is 0. The van der Waals surface area contributed by atoms with Gasteiger partial charge in [0.1, 0.15) is 12.3 Å². The standard InChI is InChI=1S/C17H14Br2Cl6N4O/c18-9-1-5-11(6-2-9)26-13(16(20,21)22)28-15(30)29-14(17(23,24)25)27-12-7-3-10(19)4-8-12/h1-8,13-14,26-27H,(H2,28,29,30)/t13-,14-/m1/s1. The van der Waals surface area contributed by atoms with E-state index in [-0.39, 0.29) is 0 Å². The molecule has 0 aromatic heterocycles. The number of nitrogens with one attached hydrogen (secondary N) is 4. The van der Waals surface area contributed by atoms with Crippen molar-refractivity contribution in [2.75, 3.05) is 10.6 Å². The number of amides is 2. The maximum atomic E-state index is 12.6. The Balaban J connectivity index is 2.10. The van der Waals surface area contributed by atoms with Crippen molar-refractivity contribution in [3.8, 4) is 0 Å². The van der Waals surface area contributed by atoms with Crippen LogP contribution in [0.3, 0.4) is 0 Å². The van der Waals surface area contributed by atoms with Crippen molar-refractivity contribution >= 4 is 119 Å². The molecule has 0 heterocycles. The monoisotopic (exact) mass is 658 g/mol. The number of rotatable bonds is 6. The van der Waals surface area contributed by atoms with E-state index in [0.29, 0.717) is 11.4 Å². The second kappa shape index (κ2) is 11.2. The van der Waals surface area contributed by atoms with Gasteiger partial charge < -0.3 is 21.3 Å². The molecule has 2 aromatic rings. The first-order valence-electron chi connectivity index (χ1n) is 8.09. The molecule has 0 fully saturated rings. The van der Waals surface area contributed by atoms with Crippen molar-refractivity contribution in [2.24, 2.45) is 0 Å². The molecule has 0 saturated heterocycles. The zero-order valence-corrected chi connectivity index (χ0v) is 22.4. The third-order valence-corrected chi connectivity index (χ3v) is 5.88. The van der Waals surface area contributed by atoms with Crippen molar-refractivity contribution in [3.63, 3.8) is 0 Å². The molecule has 0 radical (unpaired) electrons. The lowest BCUT2D eigenvalue weighted by molar-refractivity contribution is 0.235. The molecule has 0 aliphatic rings. The quantitative estimate of drug-likeness (QED) is 0.192. The molecule has 0 aliphatic heterocycles. The molecule has 2 amide bonds. The van der Waals surface area contributed by atoms with Gasteiger partial charge in [0.05, 0.1) is 0 Å². The van der Waals surface area contributed by atoms with Crippen LogP contribution in [0.1, 0.15) is 0 Å². The molecule has 2 rings (SSSR count). The minimum atomic E-state index is -1.88. The van der Waals surface area contributed by atoms with Crippen LogP contribution in [0.25, 0.3) is 0 Å². The van der Waals surface area contributed by atoms with Crippen LogP contribution in [-0.4, -0.2) is 25.9 Å². The predicted octanol–water partition coefficient (Wildman–Crippen LogP) is 7.43. The van der Waals surface area contributed by atoms with Crippen LogP contribution in [0.2, 0.25) is 0 Å². The van der Waals surface area contributed by atoms with E-state index >= 15 is 0 Å². The first-order valence-corrected chi connectivity index (χ1v) is 11.9. The van der Waals surface area contributed by atoms with Crippen molar-refractivity contribution in [1.82, 2.24) is 10.6 Å². The number of hydrogen-bond donors (Lipinski definition) is 4. The fourth-order valence-corrected chi connectivity index (χ4v) is 3.31. The number of carbonyl (C=O) groups excluding carboxylic acids is 1. The third kappa shape index (κ3) is 8.87. The zero-order valence-electron chi connectivity index (χ0n) is 14.7. The molecular weight excluding hydrogens is 649 g/mol. The van der Waals surface area contributed by atoms with E-state index in [4.69, 9.17) is 69.6 Å². The fourth-order valence-electron chi connectivity index (χ4n) is 2.13. The molecule has 0 spiro atoms. The molecule has 0 bridgehead atoms. The van der Waals surface area contributed by atoms with E-state index in [1.54, 1.807) is 48.5 Å². The molecule has 4 N–H and O–H groups in total. The minimum absolute atomic E-state index is 0.612. The molecule has 0 saturated carbocycles. The van der Waals surface area contributed by atoms with Gasteiger partial charge >= 0.3 is 6.03 Å². The largest absolute Gasteiger partial charge is 0.362 e. The molecule has 0 unspecified atom stereocenters. The summed E-state index contributed by atoms with van der Waals surface area (Å²) in [5, 5.41) is 10.9. The van der Waals surface area contributed by atoms with Gasteiger partial charge in [0.2, 0.25) is 7.59 Å². The third-order valence-electron chi connectivity index (χ3n) is 3.52. The Labute approximate surface area is 220 Å². The predicted molar refractivity (Wildman–Crippen MR) is 135 cm³/mol. The van der Waals surface area contributed by atoms with Gasteiger partial charge in [-0.2, -0.15) is 0 Å². The first-order chi connectivity index (χ1) is 13.8. The number of anilines is 2. The number of alkyl halides is 6. The van der Waals surface area contributed by atoms with Crippen LogP contribution < -0.4 is 21.3 Å².